The van der Waals surface area contributed by atoms with Gasteiger partial charge in [-0.3, -0.25) is 15.1 Å². The highest BCUT2D eigenvalue weighted by atomic mass is 79.9. The van der Waals surface area contributed by atoms with Crippen LogP contribution < -0.4 is 0 Å². The molecule has 1 aromatic rings. The number of hydrogen-bond acceptors (Lipinski definition) is 3. The molecule has 58 valence electrons. The van der Waals surface area contributed by atoms with Crippen LogP contribution in [0.5, 0.6) is 0 Å². The molecule has 0 saturated heterocycles. The molecule has 0 amide bonds. The van der Waals surface area contributed by atoms with Crippen molar-refractivity contribution in [3.63, 3.8) is 0 Å². The molecule has 0 aliphatic carbocycles. The third-order valence-corrected chi connectivity index (χ3v) is 1.57. The van der Waals surface area contributed by atoms with Gasteiger partial charge in [0.2, 0.25) is 5.82 Å². The lowest BCUT2D eigenvalue weighted by atomic mass is 10.4. The zero-order chi connectivity index (χ0) is 8.43. The summed E-state index contributed by atoms with van der Waals surface area (Å²) < 4.78 is 12.7. The average Bonchev–Trinajstić information content (AvgIpc) is 1.94. The van der Waals surface area contributed by atoms with Crippen LogP contribution in [-0.4, -0.2) is 9.91 Å². The van der Waals surface area contributed by atoms with E-state index in [-0.39, 0.29) is 4.47 Å². The van der Waals surface area contributed by atoms with Gasteiger partial charge in [-0.15, -0.1) is 0 Å². The van der Waals surface area contributed by atoms with Gasteiger partial charge in [0.25, 0.3) is 0 Å². The fourth-order valence-electron chi connectivity index (χ4n) is 0.536. The Kier molecular flexibility index (Phi) is 2.13. The third kappa shape index (κ3) is 1.51. The molecule has 4 nitrogen and oxygen atoms in total. The molecule has 0 unspecified atom stereocenters. The summed E-state index contributed by atoms with van der Waals surface area (Å²) in [6, 6.07) is 0. The van der Waals surface area contributed by atoms with Crippen molar-refractivity contribution >= 4 is 21.6 Å². The zero-order valence-electron chi connectivity index (χ0n) is 5.12. The number of aromatic nitrogens is 1. The second-order valence-electron chi connectivity index (χ2n) is 1.71. The second-order valence-corrected chi connectivity index (χ2v) is 2.57. The van der Waals surface area contributed by atoms with Crippen molar-refractivity contribution < 1.29 is 9.31 Å². The molecule has 0 spiro atoms. The van der Waals surface area contributed by atoms with Crippen molar-refractivity contribution in [2.45, 2.75) is 0 Å². The Morgan fingerprint density at radius 2 is 2.27 bits per heavy atom. The largest absolute Gasteiger partial charge is 0.324 e. The lowest BCUT2D eigenvalue weighted by molar-refractivity contribution is -0.387. The average molecular weight is 221 g/mol. The van der Waals surface area contributed by atoms with E-state index in [2.05, 4.69) is 20.9 Å². The summed E-state index contributed by atoms with van der Waals surface area (Å²) in [5.74, 6) is -0.898. The van der Waals surface area contributed by atoms with Crippen molar-refractivity contribution in [3.8, 4) is 0 Å². The zero-order valence-corrected chi connectivity index (χ0v) is 6.71. The summed E-state index contributed by atoms with van der Waals surface area (Å²) in [6.07, 6.45) is 2.02. The van der Waals surface area contributed by atoms with Crippen LogP contribution in [0.15, 0.2) is 16.9 Å². The van der Waals surface area contributed by atoms with Crippen LogP contribution in [0.1, 0.15) is 0 Å². The number of nitro groups is 1. The molecule has 11 heavy (non-hydrogen) atoms. The minimum Gasteiger partial charge on any atom is -0.258 e. The van der Waals surface area contributed by atoms with E-state index < -0.39 is 16.4 Å². The first kappa shape index (κ1) is 8.06. The van der Waals surface area contributed by atoms with E-state index in [1.807, 2.05) is 0 Å². The maximum Gasteiger partial charge on any atom is 0.324 e. The van der Waals surface area contributed by atoms with Crippen LogP contribution in [-0.2, 0) is 0 Å². The lowest BCUT2D eigenvalue weighted by Crippen LogP contribution is -1.93. The fraction of sp³-hybridized carbons (Fsp3) is 0. The number of nitrogens with zero attached hydrogens (tertiary/aromatic N) is 2. The van der Waals surface area contributed by atoms with Crippen LogP contribution in [0.3, 0.4) is 0 Å². The van der Waals surface area contributed by atoms with E-state index >= 15 is 0 Å². The van der Waals surface area contributed by atoms with E-state index in [1.54, 1.807) is 0 Å². The van der Waals surface area contributed by atoms with Crippen molar-refractivity contribution in [2.24, 2.45) is 0 Å². The molecule has 1 aromatic heterocycles. The first-order chi connectivity index (χ1) is 5.13. The van der Waals surface area contributed by atoms with Crippen molar-refractivity contribution in [3.05, 3.63) is 32.8 Å². The Labute approximate surface area is 69.3 Å². The quantitative estimate of drug-likeness (QED) is 0.537. The Hall–Kier alpha value is -1.04. The Balaban J connectivity index is 3.27. The molecular formula is C5H2BrFN2O2. The number of pyridine rings is 1. The van der Waals surface area contributed by atoms with Crippen molar-refractivity contribution in [1.29, 1.82) is 0 Å². The van der Waals surface area contributed by atoms with E-state index in [1.165, 1.54) is 0 Å². The normalized spacial score (nSPS) is 9.64. The van der Waals surface area contributed by atoms with Crippen LogP contribution in [0.4, 0.5) is 10.1 Å². The molecule has 0 fully saturated rings. The summed E-state index contributed by atoms with van der Waals surface area (Å²) in [6.45, 7) is 0. The summed E-state index contributed by atoms with van der Waals surface area (Å²) in [5, 5.41) is 10.1. The Morgan fingerprint density at radius 1 is 1.64 bits per heavy atom. The molecule has 1 heterocycles. The molecule has 0 aromatic carbocycles. The maximum absolute atomic E-state index is 12.7. The fourth-order valence-corrected chi connectivity index (χ4v) is 0.858. The third-order valence-electron chi connectivity index (χ3n) is 1.02. The topological polar surface area (TPSA) is 56.0 Å². The molecule has 0 bridgehead atoms. The highest BCUT2D eigenvalue weighted by molar-refractivity contribution is 9.10. The molecule has 0 radical (unpaired) electrons. The van der Waals surface area contributed by atoms with Gasteiger partial charge < -0.3 is 0 Å². The molecule has 0 aliphatic rings. The number of hydrogen-bond donors (Lipinski definition) is 0. The lowest BCUT2D eigenvalue weighted by Gasteiger charge is -1.93. The van der Waals surface area contributed by atoms with Crippen LogP contribution in [0.25, 0.3) is 0 Å². The van der Waals surface area contributed by atoms with E-state index in [9.17, 15) is 14.5 Å². The highest BCUT2D eigenvalue weighted by Crippen LogP contribution is 2.22. The van der Waals surface area contributed by atoms with Crippen LogP contribution in [0, 0.1) is 15.9 Å². The van der Waals surface area contributed by atoms with E-state index in [4.69, 9.17) is 0 Å². The van der Waals surface area contributed by atoms with Gasteiger partial charge in [-0.2, -0.15) is 4.39 Å². The number of rotatable bonds is 1. The minimum absolute atomic E-state index is 0.00769. The summed E-state index contributed by atoms with van der Waals surface area (Å²) in [7, 11) is 0. The summed E-state index contributed by atoms with van der Waals surface area (Å²) in [4.78, 5) is 12.7. The molecule has 0 aliphatic heterocycles. The predicted octanol–water partition coefficient (Wildman–Crippen LogP) is 1.89. The maximum atomic E-state index is 12.7. The van der Waals surface area contributed by atoms with Crippen molar-refractivity contribution in [2.75, 3.05) is 0 Å². The first-order valence-electron chi connectivity index (χ1n) is 2.56. The monoisotopic (exact) mass is 220 g/mol. The molecule has 6 heteroatoms. The van der Waals surface area contributed by atoms with Gasteiger partial charge in [-0.05, 0) is 15.9 Å². The SMILES string of the molecule is O=[N+]([O-])c1cncc(Br)c1F. The molecule has 0 N–H and O–H groups in total. The highest BCUT2D eigenvalue weighted by Gasteiger charge is 2.16. The van der Waals surface area contributed by atoms with Gasteiger partial charge in [0.15, 0.2) is 0 Å². The van der Waals surface area contributed by atoms with Gasteiger partial charge >= 0.3 is 5.69 Å². The molecule has 0 atom stereocenters. The second kappa shape index (κ2) is 2.91. The van der Waals surface area contributed by atoms with Crippen LogP contribution >= 0.6 is 15.9 Å². The summed E-state index contributed by atoms with van der Waals surface area (Å²) >= 11 is 2.77. The smallest absolute Gasteiger partial charge is 0.258 e. The van der Waals surface area contributed by atoms with Gasteiger partial charge in [0.1, 0.15) is 6.20 Å². The van der Waals surface area contributed by atoms with Gasteiger partial charge in [0.05, 0.1) is 9.40 Å². The van der Waals surface area contributed by atoms with Crippen molar-refractivity contribution in [1.82, 2.24) is 4.98 Å². The standard InChI is InChI=1S/C5H2BrFN2O2/c6-3-1-8-2-4(5(3)7)9(10)11/h1-2H. The molecule has 0 saturated carbocycles. The van der Waals surface area contributed by atoms with Gasteiger partial charge in [-0.25, -0.2) is 0 Å². The van der Waals surface area contributed by atoms with Gasteiger partial charge in [-0.1, -0.05) is 0 Å². The Bertz CT molecular complexity index is 305. The van der Waals surface area contributed by atoms with Crippen LogP contribution in [0.2, 0.25) is 0 Å². The minimum atomic E-state index is -0.898. The van der Waals surface area contributed by atoms with E-state index in [0.717, 1.165) is 12.4 Å². The van der Waals surface area contributed by atoms with Gasteiger partial charge in [0, 0.05) is 6.20 Å². The first-order valence-corrected chi connectivity index (χ1v) is 3.35. The summed E-state index contributed by atoms with van der Waals surface area (Å²) in [5.41, 5.74) is -0.626. The molecule has 1 rings (SSSR count). The predicted molar refractivity (Wildman–Crippen MR) is 38.5 cm³/mol. The van der Waals surface area contributed by atoms with E-state index in [0.29, 0.717) is 0 Å². The Morgan fingerprint density at radius 3 is 2.73 bits per heavy atom. The number of halogens is 2. The molecular weight excluding hydrogens is 219 g/mol.